The lowest BCUT2D eigenvalue weighted by molar-refractivity contribution is -0.141. The quantitative estimate of drug-likeness (QED) is 0.457. The van der Waals surface area contributed by atoms with Gasteiger partial charge in [-0.15, -0.1) is 0 Å². The molecule has 28 heavy (non-hydrogen) atoms. The Morgan fingerprint density at radius 1 is 1.04 bits per heavy atom. The molecule has 2 aromatic carbocycles. The lowest BCUT2D eigenvalue weighted by atomic mass is 9.94. The molecule has 1 saturated heterocycles. The number of ketones is 1. The molecule has 1 unspecified atom stereocenters. The third-order valence-electron chi connectivity index (χ3n) is 5.51. The summed E-state index contributed by atoms with van der Waals surface area (Å²) in [5, 5.41) is 21.0. The molecule has 1 aliphatic heterocycles. The summed E-state index contributed by atoms with van der Waals surface area (Å²) in [5.74, 6) is -1.42. The molecule has 0 bridgehead atoms. The van der Waals surface area contributed by atoms with Crippen molar-refractivity contribution in [1.29, 1.82) is 0 Å². The number of hydrogen-bond acceptors (Lipinski definition) is 4. The number of carbonyl (C=O) groups excluding carboxylic acids is 2. The zero-order valence-corrected chi connectivity index (χ0v) is 15.9. The van der Waals surface area contributed by atoms with Gasteiger partial charge in [0.15, 0.2) is 0 Å². The summed E-state index contributed by atoms with van der Waals surface area (Å²) in [4.78, 5) is 27.5. The van der Waals surface area contributed by atoms with Crippen LogP contribution in [-0.4, -0.2) is 32.8 Å². The fourth-order valence-corrected chi connectivity index (χ4v) is 4.37. The Labute approximate surface area is 167 Å². The van der Waals surface area contributed by atoms with Gasteiger partial charge in [-0.2, -0.15) is 0 Å². The van der Waals surface area contributed by atoms with Crippen LogP contribution in [0, 0.1) is 0 Å². The molecule has 0 spiro atoms. The lowest BCUT2D eigenvalue weighted by Gasteiger charge is -2.30. The van der Waals surface area contributed by atoms with Gasteiger partial charge >= 0.3 is 0 Å². The molecule has 1 heterocycles. The first kappa shape index (κ1) is 18.6. The number of aliphatic hydroxyl groups excluding tert-OH is 1. The maximum Gasteiger partial charge on any atom is 0.295 e. The van der Waals surface area contributed by atoms with Crippen LogP contribution in [0.3, 0.4) is 0 Å². The van der Waals surface area contributed by atoms with E-state index < -0.39 is 17.7 Å². The van der Waals surface area contributed by atoms with Crippen molar-refractivity contribution < 1.29 is 19.8 Å². The molecule has 2 N–H and O–H groups in total. The Balaban J connectivity index is 1.89. The maximum absolute atomic E-state index is 12.9. The van der Waals surface area contributed by atoms with Crippen LogP contribution in [0.4, 0.5) is 0 Å². The molecular weight excluding hydrogens is 378 g/mol. The van der Waals surface area contributed by atoms with Gasteiger partial charge in [0, 0.05) is 16.6 Å². The fraction of sp³-hybridized carbons (Fsp3) is 0.273. The predicted molar refractivity (Wildman–Crippen MR) is 106 cm³/mol. The second-order valence-electron chi connectivity index (χ2n) is 7.25. The van der Waals surface area contributed by atoms with Crippen LogP contribution in [0.25, 0.3) is 5.76 Å². The molecule has 0 radical (unpaired) electrons. The van der Waals surface area contributed by atoms with E-state index in [2.05, 4.69) is 0 Å². The van der Waals surface area contributed by atoms with Crippen molar-refractivity contribution in [2.75, 3.05) is 0 Å². The number of benzene rings is 2. The van der Waals surface area contributed by atoms with Crippen LogP contribution in [0.1, 0.15) is 42.9 Å². The molecule has 2 fully saturated rings. The van der Waals surface area contributed by atoms with Crippen LogP contribution >= 0.6 is 11.6 Å². The number of nitrogens with zero attached hydrogens (tertiary/aromatic N) is 1. The Kier molecular flexibility index (Phi) is 4.85. The fourth-order valence-electron chi connectivity index (χ4n) is 4.18. The van der Waals surface area contributed by atoms with Gasteiger partial charge in [0.25, 0.3) is 11.7 Å². The number of amides is 1. The van der Waals surface area contributed by atoms with E-state index in [9.17, 15) is 19.8 Å². The van der Waals surface area contributed by atoms with Crippen molar-refractivity contribution in [3.05, 3.63) is 70.3 Å². The van der Waals surface area contributed by atoms with Crippen molar-refractivity contribution in [2.45, 2.75) is 37.8 Å². The third kappa shape index (κ3) is 3.16. The standard InChI is InChI=1S/C22H20ClNO4/c23-15-5-3-4-14(12-15)20(26)18-19(13-8-10-17(25)11-9-13)24(22(28)21(18)27)16-6-1-2-7-16/h3-5,8-12,16,19,25-26H,1-2,6-7H2/b20-18-. The number of rotatable bonds is 3. The molecule has 4 rings (SSSR count). The topological polar surface area (TPSA) is 77.8 Å². The minimum atomic E-state index is -0.692. The minimum Gasteiger partial charge on any atom is -0.508 e. The number of halogens is 1. The average Bonchev–Trinajstić information content (AvgIpc) is 3.29. The highest BCUT2D eigenvalue weighted by Gasteiger charge is 2.49. The molecule has 1 atom stereocenters. The van der Waals surface area contributed by atoms with Crippen LogP contribution < -0.4 is 0 Å². The van der Waals surface area contributed by atoms with Gasteiger partial charge in [-0.1, -0.05) is 48.7 Å². The summed E-state index contributed by atoms with van der Waals surface area (Å²) in [6, 6.07) is 12.2. The van der Waals surface area contributed by atoms with Gasteiger partial charge in [-0.3, -0.25) is 9.59 Å². The van der Waals surface area contributed by atoms with Gasteiger partial charge in [-0.25, -0.2) is 0 Å². The van der Waals surface area contributed by atoms with E-state index in [0.29, 0.717) is 16.1 Å². The highest BCUT2D eigenvalue weighted by molar-refractivity contribution is 6.46. The monoisotopic (exact) mass is 397 g/mol. The summed E-state index contributed by atoms with van der Waals surface area (Å²) in [5.41, 5.74) is 1.12. The average molecular weight is 398 g/mol. The van der Waals surface area contributed by atoms with Crippen LogP contribution in [0.5, 0.6) is 5.75 Å². The van der Waals surface area contributed by atoms with E-state index >= 15 is 0 Å². The number of Topliss-reactive ketones (excluding diaryl/α,β-unsaturated/α-hetero) is 1. The SMILES string of the molecule is O=C1C(=O)N(C2CCCC2)C(c2ccc(O)cc2)/C1=C(/O)c1cccc(Cl)c1. The first-order valence-corrected chi connectivity index (χ1v) is 9.70. The molecular formula is C22H20ClNO4. The summed E-state index contributed by atoms with van der Waals surface area (Å²) < 4.78 is 0. The smallest absolute Gasteiger partial charge is 0.295 e. The Bertz CT molecular complexity index is 961. The molecule has 2 aromatic rings. The van der Waals surface area contributed by atoms with Gasteiger partial charge in [0.2, 0.25) is 0 Å². The van der Waals surface area contributed by atoms with Gasteiger partial charge in [0.05, 0.1) is 11.6 Å². The van der Waals surface area contributed by atoms with Gasteiger partial charge < -0.3 is 15.1 Å². The first-order valence-electron chi connectivity index (χ1n) is 9.32. The predicted octanol–water partition coefficient (Wildman–Crippen LogP) is 4.41. The molecule has 1 aliphatic carbocycles. The number of aliphatic hydroxyl groups is 1. The van der Waals surface area contributed by atoms with Crippen molar-refractivity contribution >= 4 is 29.1 Å². The normalized spacial score (nSPS) is 22.2. The molecule has 2 aliphatic rings. The number of likely N-dealkylation sites (tertiary alicyclic amines) is 1. The van der Waals surface area contributed by atoms with Gasteiger partial charge in [0.1, 0.15) is 11.5 Å². The Morgan fingerprint density at radius 2 is 1.71 bits per heavy atom. The van der Waals surface area contributed by atoms with Crippen molar-refractivity contribution in [1.82, 2.24) is 4.90 Å². The highest BCUT2D eigenvalue weighted by atomic mass is 35.5. The lowest BCUT2D eigenvalue weighted by Crippen LogP contribution is -2.37. The van der Waals surface area contributed by atoms with E-state index in [1.807, 2.05) is 0 Å². The molecule has 5 nitrogen and oxygen atoms in total. The summed E-state index contributed by atoms with van der Waals surface area (Å²) in [6.07, 6.45) is 3.67. The zero-order valence-electron chi connectivity index (χ0n) is 15.1. The molecule has 1 amide bonds. The van der Waals surface area contributed by atoms with Gasteiger partial charge in [-0.05, 0) is 42.7 Å². The van der Waals surface area contributed by atoms with E-state index in [0.717, 1.165) is 25.7 Å². The summed E-state index contributed by atoms with van der Waals surface area (Å²) >= 11 is 6.04. The highest BCUT2D eigenvalue weighted by Crippen LogP contribution is 2.43. The Hall–Kier alpha value is -2.79. The number of carbonyl (C=O) groups is 2. The number of hydrogen-bond donors (Lipinski definition) is 2. The number of phenols is 1. The molecule has 6 heteroatoms. The van der Waals surface area contributed by atoms with Crippen molar-refractivity contribution in [3.63, 3.8) is 0 Å². The number of phenolic OH excluding ortho intramolecular Hbond substituents is 1. The summed E-state index contributed by atoms with van der Waals surface area (Å²) in [7, 11) is 0. The molecule has 0 aromatic heterocycles. The summed E-state index contributed by atoms with van der Waals surface area (Å²) in [6.45, 7) is 0. The van der Waals surface area contributed by atoms with E-state index in [4.69, 9.17) is 11.6 Å². The van der Waals surface area contributed by atoms with Crippen LogP contribution in [0.15, 0.2) is 54.1 Å². The van der Waals surface area contributed by atoms with E-state index in [1.54, 1.807) is 41.3 Å². The van der Waals surface area contributed by atoms with Crippen LogP contribution in [-0.2, 0) is 9.59 Å². The largest absolute Gasteiger partial charge is 0.508 e. The minimum absolute atomic E-state index is 0.0417. The molecule has 1 saturated carbocycles. The first-order chi connectivity index (χ1) is 13.5. The number of aromatic hydroxyl groups is 1. The van der Waals surface area contributed by atoms with Crippen molar-refractivity contribution in [3.8, 4) is 5.75 Å². The second-order valence-corrected chi connectivity index (χ2v) is 7.68. The second kappa shape index (κ2) is 7.32. The Morgan fingerprint density at radius 3 is 2.36 bits per heavy atom. The van der Waals surface area contributed by atoms with Crippen LogP contribution in [0.2, 0.25) is 5.02 Å². The van der Waals surface area contributed by atoms with E-state index in [-0.39, 0.29) is 23.1 Å². The van der Waals surface area contributed by atoms with E-state index in [1.165, 1.54) is 12.1 Å². The third-order valence-corrected chi connectivity index (χ3v) is 5.74. The maximum atomic E-state index is 12.9. The zero-order chi connectivity index (χ0) is 19.8. The molecule has 144 valence electrons. The van der Waals surface area contributed by atoms with Crippen molar-refractivity contribution in [2.24, 2.45) is 0 Å².